The molecule has 3 heteroatoms. The molecule has 3 rings (SSSR count). The number of methoxy groups -OCH3 is 2. The van der Waals surface area contributed by atoms with E-state index in [0.717, 1.165) is 33.0 Å². The van der Waals surface area contributed by atoms with Gasteiger partial charge in [-0.25, -0.2) is 0 Å². The second kappa shape index (κ2) is 5.83. The minimum atomic E-state index is 0. The van der Waals surface area contributed by atoms with E-state index in [2.05, 4.69) is 6.07 Å². The van der Waals surface area contributed by atoms with Gasteiger partial charge in [-0.3, -0.25) is 0 Å². The smallest absolute Gasteiger partial charge is 0.508 e. The van der Waals surface area contributed by atoms with E-state index in [1.54, 1.807) is 14.2 Å². The van der Waals surface area contributed by atoms with Gasteiger partial charge in [0.1, 0.15) is 5.75 Å². The third-order valence-electron chi connectivity index (χ3n) is 3.18. The van der Waals surface area contributed by atoms with E-state index >= 15 is 0 Å². The van der Waals surface area contributed by atoms with Crippen LogP contribution in [0.15, 0.2) is 42.5 Å². The van der Waals surface area contributed by atoms with Crippen LogP contribution in [0.4, 0.5) is 0 Å². The van der Waals surface area contributed by atoms with E-state index in [4.69, 9.17) is 9.47 Å². The van der Waals surface area contributed by atoms with Crippen molar-refractivity contribution >= 4 is 21.5 Å². The summed E-state index contributed by atoms with van der Waals surface area (Å²) in [6.07, 6.45) is 0. The molecular formula is C16H13NaO2. The van der Waals surface area contributed by atoms with Crippen LogP contribution >= 0.6 is 0 Å². The quantitative estimate of drug-likeness (QED) is 0.386. The van der Waals surface area contributed by atoms with Crippen LogP contribution in [0.3, 0.4) is 0 Å². The third-order valence-corrected chi connectivity index (χ3v) is 3.18. The second-order valence-corrected chi connectivity index (χ2v) is 4.08. The van der Waals surface area contributed by atoms with Crippen LogP contribution in [0.1, 0.15) is 0 Å². The minimum Gasteiger partial charge on any atom is -0.508 e. The molecule has 0 spiro atoms. The van der Waals surface area contributed by atoms with Crippen molar-refractivity contribution in [2.75, 3.05) is 14.2 Å². The Bertz CT molecular complexity index is 603. The summed E-state index contributed by atoms with van der Waals surface area (Å²) in [5, 5.41) is 4.20. The van der Waals surface area contributed by atoms with E-state index in [9.17, 15) is 0 Å². The van der Waals surface area contributed by atoms with Gasteiger partial charge in [0.25, 0.3) is 0 Å². The van der Waals surface area contributed by atoms with E-state index in [1.165, 1.54) is 0 Å². The summed E-state index contributed by atoms with van der Waals surface area (Å²) in [4.78, 5) is 0. The standard InChI is InChI=1S/C16H13O2.Na/c1-17-15-11-7-3-5-9-13(11)16(18-2)14-10-6-4-8-12(14)15;/h3-5,7-10H,1-2H3;/q-1;+1. The molecule has 0 heterocycles. The molecule has 19 heavy (non-hydrogen) atoms. The second-order valence-electron chi connectivity index (χ2n) is 4.08. The first-order valence-corrected chi connectivity index (χ1v) is 5.79. The summed E-state index contributed by atoms with van der Waals surface area (Å²) in [6, 6.07) is 17.0. The van der Waals surface area contributed by atoms with Crippen LogP contribution in [0.5, 0.6) is 11.5 Å². The molecule has 2 nitrogen and oxygen atoms in total. The van der Waals surface area contributed by atoms with Crippen molar-refractivity contribution in [2.24, 2.45) is 0 Å². The largest absolute Gasteiger partial charge is 1.00 e. The first-order valence-electron chi connectivity index (χ1n) is 5.79. The fraction of sp³-hybridized carbons (Fsp3) is 0.125. The molecule has 0 aliphatic heterocycles. The van der Waals surface area contributed by atoms with Crippen molar-refractivity contribution in [3.05, 3.63) is 48.5 Å². The molecule has 3 aromatic rings. The summed E-state index contributed by atoms with van der Waals surface area (Å²) < 4.78 is 11.1. The van der Waals surface area contributed by atoms with Crippen LogP contribution in [-0.2, 0) is 0 Å². The van der Waals surface area contributed by atoms with E-state index in [1.807, 2.05) is 42.5 Å². The Labute approximate surface area is 134 Å². The SMILES string of the molecule is COc1c2c[c-]ccc2c(OC)c2ccccc12.[Na+]. The number of ether oxygens (including phenoxy) is 2. The van der Waals surface area contributed by atoms with Crippen LogP contribution < -0.4 is 39.0 Å². The maximum absolute atomic E-state index is 5.57. The molecule has 0 N–H and O–H groups in total. The Morgan fingerprint density at radius 3 is 1.89 bits per heavy atom. The fourth-order valence-corrected chi connectivity index (χ4v) is 2.43. The summed E-state index contributed by atoms with van der Waals surface area (Å²) in [6.45, 7) is 0. The molecule has 0 aliphatic rings. The van der Waals surface area contributed by atoms with Gasteiger partial charge in [-0.05, 0) is 0 Å². The molecule has 0 fully saturated rings. The van der Waals surface area contributed by atoms with Gasteiger partial charge in [-0.15, -0.1) is 0 Å². The van der Waals surface area contributed by atoms with Gasteiger partial charge in [-0.1, -0.05) is 35.0 Å². The average Bonchev–Trinajstić information content (AvgIpc) is 2.44. The number of benzene rings is 3. The van der Waals surface area contributed by atoms with Gasteiger partial charge in [0.05, 0.1) is 20.0 Å². The van der Waals surface area contributed by atoms with Crippen molar-refractivity contribution in [1.29, 1.82) is 0 Å². The zero-order valence-corrected chi connectivity index (χ0v) is 13.4. The first-order chi connectivity index (χ1) is 8.86. The zero-order chi connectivity index (χ0) is 12.5. The molecule has 0 aliphatic carbocycles. The zero-order valence-electron chi connectivity index (χ0n) is 11.4. The molecule has 0 radical (unpaired) electrons. The Balaban J connectivity index is 0.00000133. The normalized spacial score (nSPS) is 10.2. The van der Waals surface area contributed by atoms with Crippen LogP contribution in [0.2, 0.25) is 0 Å². The third kappa shape index (κ3) is 2.20. The number of hydrogen-bond acceptors (Lipinski definition) is 2. The molecule has 0 saturated carbocycles. The number of fused-ring (bicyclic) bond motifs is 2. The number of rotatable bonds is 2. The van der Waals surface area contributed by atoms with Gasteiger partial charge >= 0.3 is 29.6 Å². The van der Waals surface area contributed by atoms with Crippen molar-refractivity contribution in [3.63, 3.8) is 0 Å². The predicted molar refractivity (Wildman–Crippen MR) is 73.4 cm³/mol. The molecule has 0 atom stereocenters. The first kappa shape index (κ1) is 14.2. The van der Waals surface area contributed by atoms with Gasteiger partial charge < -0.3 is 9.47 Å². The Hall–Kier alpha value is -1.22. The molecular weight excluding hydrogens is 247 g/mol. The molecule has 0 aromatic heterocycles. The van der Waals surface area contributed by atoms with Crippen molar-refractivity contribution in [3.8, 4) is 11.5 Å². The van der Waals surface area contributed by atoms with Crippen LogP contribution in [0, 0.1) is 6.07 Å². The monoisotopic (exact) mass is 260 g/mol. The molecule has 90 valence electrons. The Kier molecular flexibility index (Phi) is 4.35. The van der Waals surface area contributed by atoms with E-state index in [0.29, 0.717) is 0 Å². The van der Waals surface area contributed by atoms with E-state index in [-0.39, 0.29) is 29.6 Å². The fourth-order valence-electron chi connectivity index (χ4n) is 2.43. The summed E-state index contributed by atoms with van der Waals surface area (Å²) in [5.74, 6) is 1.76. The van der Waals surface area contributed by atoms with E-state index < -0.39 is 0 Å². The minimum absolute atomic E-state index is 0. The molecule has 0 saturated heterocycles. The van der Waals surface area contributed by atoms with Crippen LogP contribution in [0.25, 0.3) is 21.5 Å². The van der Waals surface area contributed by atoms with Gasteiger partial charge in [-0.2, -0.15) is 24.3 Å². The van der Waals surface area contributed by atoms with Gasteiger partial charge in [0.2, 0.25) is 0 Å². The molecule has 0 amide bonds. The maximum atomic E-state index is 5.57. The van der Waals surface area contributed by atoms with Crippen LogP contribution in [-0.4, -0.2) is 14.2 Å². The predicted octanol–water partition coefficient (Wildman–Crippen LogP) is 0.814. The Morgan fingerprint density at radius 1 is 0.789 bits per heavy atom. The summed E-state index contributed by atoms with van der Waals surface area (Å²) in [5.41, 5.74) is 0. The van der Waals surface area contributed by atoms with Gasteiger partial charge in [0.15, 0.2) is 0 Å². The Morgan fingerprint density at radius 2 is 1.32 bits per heavy atom. The van der Waals surface area contributed by atoms with Crippen molar-refractivity contribution < 1.29 is 39.0 Å². The average molecular weight is 260 g/mol. The molecule has 3 aromatic carbocycles. The van der Waals surface area contributed by atoms with Crippen molar-refractivity contribution in [1.82, 2.24) is 0 Å². The number of hydrogen-bond donors (Lipinski definition) is 0. The topological polar surface area (TPSA) is 18.5 Å². The summed E-state index contributed by atoms with van der Waals surface area (Å²) >= 11 is 0. The maximum Gasteiger partial charge on any atom is 1.00 e. The van der Waals surface area contributed by atoms with Crippen molar-refractivity contribution in [2.45, 2.75) is 0 Å². The van der Waals surface area contributed by atoms with Gasteiger partial charge in [0, 0.05) is 10.8 Å². The molecule has 0 unspecified atom stereocenters. The summed E-state index contributed by atoms with van der Waals surface area (Å²) in [7, 11) is 3.39. The molecule has 0 bridgehead atoms.